The van der Waals surface area contributed by atoms with E-state index in [1.165, 1.54) is 0 Å². The molecule has 1 aliphatic rings. The van der Waals surface area contributed by atoms with Crippen LogP contribution in [0.5, 0.6) is 0 Å². The van der Waals surface area contributed by atoms with E-state index < -0.39 is 11.4 Å². The van der Waals surface area contributed by atoms with Crippen molar-refractivity contribution in [2.24, 2.45) is 0 Å². The van der Waals surface area contributed by atoms with Gasteiger partial charge in [0.15, 0.2) is 0 Å². The summed E-state index contributed by atoms with van der Waals surface area (Å²) in [6, 6.07) is 7.46. The average Bonchev–Trinajstić information content (AvgIpc) is 2.94. The Labute approximate surface area is 129 Å². The maximum absolute atomic E-state index is 12.9. The molecule has 1 aromatic rings. The van der Waals surface area contributed by atoms with Crippen molar-refractivity contribution in [3.8, 4) is 0 Å². The first kappa shape index (κ1) is 15.8. The van der Waals surface area contributed by atoms with Gasteiger partial charge in [-0.05, 0) is 30.5 Å². The average molecular weight is 310 g/mol. The number of carboxylic acid groups (broad SMARTS) is 1. The van der Waals surface area contributed by atoms with Gasteiger partial charge in [-0.1, -0.05) is 36.6 Å². The fourth-order valence-electron chi connectivity index (χ4n) is 3.12. The lowest BCUT2D eigenvalue weighted by atomic mass is 9.77. The fourth-order valence-corrected chi connectivity index (χ4v) is 3.31. The van der Waals surface area contributed by atoms with E-state index in [2.05, 4.69) is 0 Å². The molecular formula is C16H20ClNO3. The third-order valence-electron chi connectivity index (χ3n) is 4.25. The molecule has 1 aliphatic carbocycles. The van der Waals surface area contributed by atoms with Gasteiger partial charge < -0.3 is 10.0 Å². The van der Waals surface area contributed by atoms with E-state index in [0.717, 1.165) is 31.2 Å². The van der Waals surface area contributed by atoms with Crippen LogP contribution in [-0.4, -0.2) is 35.5 Å². The molecular weight excluding hydrogens is 290 g/mol. The Balaban J connectivity index is 2.25. The van der Waals surface area contributed by atoms with Gasteiger partial charge in [-0.2, -0.15) is 0 Å². The maximum atomic E-state index is 12.9. The fraction of sp³-hybridized carbons (Fsp3) is 0.500. The molecule has 0 heterocycles. The number of rotatable bonds is 5. The van der Waals surface area contributed by atoms with Crippen molar-refractivity contribution in [2.45, 2.75) is 37.5 Å². The molecule has 0 saturated heterocycles. The van der Waals surface area contributed by atoms with Gasteiger partial charge >= 0.3 is 5.97 Å². The molecule has 1 aromatic carbocycles. The lowest BCUT2D eigenvalue weighted by Crippen LogP contribution is -2.44. The van der Waals surface area contributed by atoms with Gasteiger partial charge in [-0.25, -0.2) is 0 Å². The Hall–Kier alpha value is -1.55. The highest BCUT2D eigenvalue weighted by Gasteiger charge is 2.44. The number of carbonyl (C=O) groups excluding carboxylic acids is 1. The molecule has 1 N–H and O–H groups in total. The van der Waals surface area contributed by atoms with Crippen LogP contribution >= 0.6 is 11.6 Å². The normalized spacial score (nSPS) is 16.7. The Morgan fingerprint density at radius 2 is 2.00 bits per heavy atom. The molecule has 1 saturated carbocycles. The maximum Gasteiger partial charge on any atom is 0.305 e. The lowest BCUT2D eigenvalue weighted by molar-refractivity contribution is -0.139. The minimum atomic E-state index is -0.891. The van der Waals surface area contributed by atoms with Crippen molar-refractivity contribution in [1.82, 2.24) is 4.90 Å². The number of benzene rings is 1. The molecule has 0 aromatic heterocycles. The van der Waals surface area contributed by atoms with Crippen molar-refractivity contribution in [3.63, 3.8) is 0 Å². The molecule has 0 atom stereocenters. The molecule has 0 spiro atoms. The quantitative estimate of drug-likeness (QED) is 0.909. The molecule has 0 unspecified atom stereocenters. The van der Waals surface area contributed by atoms with Crippen molar-refractivity contribution in [2.75, 3.05) is 13.6 Å². The van der Waals surface area contributed by atoms with Crippen molar-refractivity contribution in [1.29, 1.82) is 0 Å². The van der Waals surface area contributed by atoms with Crippen molar-refractivity contribution in [3.05, 3.63) is 34.9 Å². The number of carbonyl (C=O) groups is 2. The molecule has 5 heteroatoms. The van der Waals surface area contributed by atoms with Crippen LogP contribution in [0.3, 0.4) is 0 Å². The van der Waals surface area contributed by atoms with E-state index >= 15 is 0 Å². The summed E-state index contributed by atoms with van der Waals surface area (Å²) in [5, 5.41) is 9.40. The van der Waals surface area contributed by atoms with E-state index in [9.17, 15) is 9.59 Å². The second-order valence-electron chi connectivity index (χ2n) is 5.67. The first-order chi connectivity index (χ1) is 9.95. The standard InChI is InChI=1S/C16H20ClNO3/c1-18(10-7-14(19)20)15(21)16(8-2-3-9-16)12-5-4-6-13(17)11-12/h4-6,11H,2-3,7-10H2,1H3,(H,19,20). The van der Waals surface area contributed by atoms with Crippen LogP contribution in [0.4, 0.5) is 0 Å². The van der Waals surface area contributed by atoms with Crippen LogP contribution in [0.15, 0.2) is 24.3 Å². The summed E-state index contributed by atoms with van der Waals surface area (Å²) >= 11 is 6.07. The third kappa shape index (κ3) is 3.38. The molecule has 2 rings (SSSR count). The molecule has 21 heavy (non-hydrogen) atoms. The second-order valence-corrected chi connectivity index (χ2v) is 6.11. The smallest absolute Gasteiger partial charge is 0.305 e. The zero-order valence-corrected chi connectivity index (χ0v) is 12.9. The van der Waals surface area contributed by atoms with Crippen LogP contribution in [0, 0.1) is 0 Å². The first-order valence-corrected chi connectivity index (χ1v) is 7.57. The SMILES string of the molecule is CN(CCC(=O)O)C(=O)C1(c2cccc(Cl)c2)CCCC1. The van der Waals surface area contributed by atoms with Crippen LogP contribution < -0.4 is 0 Å². The zero-order chi connectivity index (χ0) is 15.5. The van der Waals surface area contributed by atoms with Gasteiger partial charge in [0.1, 0.15) is 0 Å². The van der Waals surface area contributed by atoms with Gasteiger partial charge in [-0.15, -0.1) is 0 Å². The number of amides is 1. The lowest BCUT2D eigenvalue weighted by Gasteiger charge is -2.33. The van der Waals surface area contributed by atoms with E-state index in [4.69, 9.17) is 16.7 Å². The van der Waals surface area contributed by atoms with Crippen LogP contribution in [-0.2, 0) is 15.0 Å². The highest BCUT2D eigenvalue weighted by molar-refractivity contribution is 6.30. The molecule has 4 nitrogen and oxygen atoms in total. The van der Waals surface area contributed by atoms with Gasteiger partial charge in [0, 0.05) is 18.6 Å². The number of carboxylic acids is 1. The summed E-state index contributed by atoms with van der Waals surface area (Å²) in [6.45, 7) is 0.233. The molecule has 1 amide bonds. The van der Waals surface area contributed by atoms with E-state index in [1.807, 2.05) is 18.2 Å². The van der Waals surface area contributed by atoms with E-state index in [1.54, 1.807) is 18.0 Å². The first-order valence-electron chi connectivity index (χ1n) is 7.19. The highest BCUT2D eigenvalue weighted by atomic mass is 35.5. The minimum Gasteiger partial charge on any atom is -0.481 e. The summed E-state index contributed by atoms with van der Waals surface area (Å²) in [5.74, 6) is -0.888. The summed E-state index contributed by atoms with van der Waals surface area (Å²) in [6.07, 6.45) is 3.57. The number of hydrogen-bond acceptors (Lipinski definition) is 2. The number of likely N-dealkylation sites (N-methyl/N-ethyl adjacent to an activating group) is 1. The summed E-state index contributed by atoms with van der Waals surface area (Å²) < 4.78 is 0. The molecule has 114 valence electrons. The second kappa shape index (κ2) is 6.48. The summed E-state index contributed by atoms with van der Waals surface area (Å²) in [5.41, 5.74) is 0.401. The summed E-state index contributed by atoms with van der Waals surface area (Å²) in [4.78, 5) is 25.1. The monoisotopic (exact) mass is 309 g/mol. The van der Waals surface area contributed by atoms with Crippen LogP contribution in [0.25, 0.3) is 0 Å². The number of halogens is 1. The Morgan fingerprint density at radius 1 is 1.33 bits per heavy atom. The van der Waals surface area contributed by atoms with Crippen LogP contribution in [0.1, 0.15) is 37.7 Å². The molecule has 1 fully saturated rings. The van der Waals surface area contributed by atoms with Gasteiger partial charge in [0.25, 0.3) is 0 Å². The van der Waals surface area contributed by atoms with Crippen LogP contribution in [0.2, 0.25) is 5.02 Å². The predicted octanol–water partition coefficient (Wildman–Crippen LogP) is 3.08. The van der Waals surface area contributed by atoms with E-state index in [0.29, 0.717) is 5.02 Å². The predicted molar refractivity (Wildman–Crippen MR) is 81.5 cm³/mol. The molecule has 0 bridgehead atoms. The number of aliphatic carboxylic acids is 1. The molecule has 0 radical (unpaired) electrons. The number of nitrogens with zero attached hydrogens (tertiary/aromatic N) is 1. The Bertz CT molecular complexity index is 538. The van der Waals surface area contributed by atoms with Gasteiger partial charge in [0.05, 0.1) is 11.8 Å². The third-order valence-corrected chi connectivity index (χ3v) is 4.49. The largest absolute Gasteiger partial charge is 0.481 e. The highest BCUT2D eigenvalue weighted by Crippen LogP contribution is 2.43. The minimum absolute atomic E-state index is 0.00326. The Kier molecular flexibility index (Phi) is 4.88. The molecule has 0 aliphatic heterocycles. The summed E-state index contributed by atoms with van der Waals surface area (Å²) in [7, 11) is 1.68. The topological polar surface area (TPSA) is 57.6 Å². The van der Waals surface area contributed by atoms with Crippen molar-refractivity contribution >= 4 is 23.5 Å². The Morgan fingerprint density at radius 3 is 2.57 bits per heavy atom. The van der Waals surface area contributed by atoms with Crippen molar-refractivity contribution < 1.29 is 14.7 Å². The van der Waals surface area contributed by atoms with Gasteiger partial charge in [-0.3, -0.25) is 9.59 Å². The zero-order valence-electron chi connectivity index (χ0n) is 12.1. The number of hydrogen-bond donors (Lipinski definition) is 1. The van der Waals surface area contributed by atoms with E-state index in [-0.39, 0.29) is 18.9 Å². The van der Waals surface area contributed by atoms with Gasteiger partial charge in [0.2, 0.25) is 5.91 Å².